The number of carbonyl (C=O) groups excluding carboxylic acids is 3. The maximum Gasteiger partial charge on any atom is 0.300 e. The molecule has 0 saturated carbocycles. The van der Waals surface area contributed by atoms with Gasteiger partial charge in [-0.3, -0.25) is 14.4 Å². The monoisotopic (exact) mass is 418 g/mol. The predicted molar refractivity (Wildman–Crippen MR) is 116 cm³/mol. The number of carbonyl (C=O) groups is 5. The number of hydrogen-bond donors (Lipinski definition) is 2. The summed E-state index contributed by atoms with van der Waals surface area (Å²) in [7, 11) is 0. The van der Waals surface area contributed by atoms with Crippen molar-refractivity contribution in [2.45, 2.75) is 41.5 Å². The van der Waals surface area contributed by atoms with Gasteiger partial charge in [-0.1, -0.05) is 60.7 Å². The van der Waals surface area contributed by atoms with Crippen molar-refractivity contribution in [2.24, 2.45) is 0 Å². The topological polar surface area (TPSA) is 126 Å². The van der Waals surface area contributed by atoms with E-state index in [1.165, 1.54) is 27.7 Å². The molecule has 2 rings (SSSR count). The van der Waals surface area contributed by atoms with Crippen LogP contribution in [0.4, 0.5) is 0 Å². The molecule has 7 nitrogen and oxygen atoms in total. The van der Waals surface area contributed by atoms with E-state index < -0.39 is 11.9 Å². The van der Waals surface area contributed by atoms with Crippen molar-refractivity contribution >= 4 is 29.3 Å². The number of Topliss-reactive ketones (excluding diaryl/α,β-unsaturated/α-hetero) is 2. The second-order valence-electron chi connectivity index (χ2n) is 5.92. The third-order valence-electron chi connectivity index (χ3n) is 2.07. The van der Waals surface area contributed by atoms with Crippen LogP contribution in [0.25, 0.3) is 0 Å². The number of hydrogen-bond acceptors (Lipinski definition) is 5. The summed E-state index contributed by atoms with van der Waals surface area (Å²) in [6.07, 6.45) is 0. The first kappa shape index (κ1) is 31.1. The predicted octanol–water partition coefficient (Wildman–Crippen LogP) is 4.29. The third kappa shape index (κ3) is 32.1. The smallest absolute Gasteiger partial charge is 0.300 e. The molecular weight excluding hydrogens is 388 g/mol. The van der Waals surface area contributed by atoms with Crippen molar-refractivity contribution in [1.29, 1.82) is 0 Å². The molecule has 2 aromatic carbocycles. The summed E-state index contributed by atoms with van der Waals surface area (Å²) < 4.78 is 0. The van der Waals surface area contributed by atoms with Gasteiger partial charge >= 0.3 is 0 Å². The van der Waals surface area contributed by atoms with Gasteiger partial charge in [0.25, 0.3) is 11.9 Å². The lowest BCUT2D eigenvalue weighted by Gasteiger charge is -1.99. The molecule has 0 atom stereocenters. The van der Waals surface area contributed by atoms with Crippen LogP contribution in [0.15, 0.2) is 60.7 Å². The summed E-state index contributed by atoms with van der Waals surface area (Å²) >= 11 is 0. The number of carboxylic acid groups (broad SMARTS) is 2. The van der Waals surface area contributed by atoms with Crippen LogP contribution in [0.5, 0.6) is 0 Å². The summed E-state index contributed by atoms with van der Waals surface area (Å²) in [6.45, 7) is 8.28. The normalized spacial score (nSPS) is 7.93. The maximum atomic E-state index is 11.8. The first-order valence-electron chi connectivity index (χ1n) is 8.79. The van der Waals surface area contributed by atoms with E-state index in [4.69, 9.17) is 19.8 Å². The number of aliphatic carboxylic acids is 2. The first-order chi connectivity index (χ1) is 13.8. The molecule has 0 radical (unpaired) electrons. The van der Waals surface area contributed by atoms with Crippen LogP contribution in [0.1, 0.15) is 57.5 Å². The Labute approximate surface area is 177 Å². The molecule has 0 amide bonds. The van der Waals surface area contributed by atoms with E-state index in [0.717, 1.165) is 25.0 Å². The highest BCUT2D eigenvalue weighted by molar-refractivity contribution is 6.08. The Hall–Kier alpha value is -3.61. The molecule has 0 aliphatic carbocycles. The highest BCUT2D eigenvalue weighted by Gasteiger charge is 2.06. The average Bonchev–Trinajstić information content (AvgIpc) is 2.61. The van der Waals surface area contributed by atoms with Crippen molar-refractivity contribution in [3.05, 3.63) is 71.8 Å². The molecule has 2 aromatic rings. The van der Waals surface area contributed by atoms with Crippen LogP contribution < -0.4 is 0 Å². The van der Waals surface area contributed by atoms with Crippen molar-refractivity contribution < 1.29 is 34.2 Å². The van der Waals surface area contributed by atoms with E-state index in [1.54, 1.807) is 0 Å². The minimum Gasteiger partial charge on any atom is -0.481 e. The first-order valence-corrected chi connectivity index (χ1v) is 8.79. The number of ketones is 3. The molecule has 0 aromatic heterocycles. The fourth-order valence-electron chi connectivity index (χ4n) is 1.35. The van der Waals surface area contributed by atoms with E-state index >= 15 is 0 Å². The molecule has 7 heteroatoms. The quantitative estimate of drug-likeness (QED) is 0.697. The summed E-state index contributed by atoms with van der Waals surface area (Å²) in [4.78, 5) is 48.7. The summed E-state index contributed by atoms with van der Waals surface area (Å²) in [5.41, 5.74) is 1.47. The fourth-order valence-corrected chi connectivity index (χ4v) is 1.35. The standard InChI is InChI=1S/C13H10O.2C3H6O.2C2H4O2/c14-13(11-7-3-1-4-8-11)12-9-5-2-6-10-12;2*1-3(2)4;2*1-2(3)4/h1-10H;2*1-2H3;2*1H3,(H,3,4). The number of benzene rings is 2. The molecule has 0 unspecified atom stereocenters. The van der Waals surface area contributed by atoms with Crippen LogP contribution in [0, 0.1) is 0 Å². The average molecular weight is 418 g/mol. The second kappa shape index (κ2) is 20.1. The van der Waals surface area contributed by atoms with Crippen molar-refractivity contribution in [3.8, 4) is 0 Å². The largest absolute Gasteiger partial charge is 0.481 e. The van der Waals surface area contributed by atoms with E-state index in [-0.39, 0.29) is 17.3 Å². The van der Waals surface area contributed by atoms with Gasteiger partial charge in [0.05, 0.1) is 0 Å². The van der Waals surface area contributed by atoms with E-state index in [2.05, 4.69) is 0 Å². The van der Waals surface area contributed by atoms with Gasteiger partial charge in [-0.25, -0.2) is 0 Å². The van der Waals surface area contributed by atoms with Crippen molar-refractivity contribution in [1.82, 2.24) is 0 Å². The Balaban J connectivity index is -0.000000378. The Bertz CT molecular complexity index is 661. The van der Waals surface area contributed by atoms with Crippen LogP contribution in [0.3, 0.4) is 0 Å². The number of rotatable bonds is 2. The summed E-state index contributed by atoms with van der Waals surface area (Å²) in [5.74, 6) is -1.26. The highest BCUT2D eigenvalue weighted by atomic mass is 16.4. The Morgan fingerprint density at radius 2 is 0.667 bits per heavy atom. The molecule has 0 spiro atoms. The minimum atomic E-state index is -0.833. The van der Waals surface area contributed by atoms with Gasteiger partial charge in [0.2, 0.25) is 0 Å². The van der Waals surface area contributed by atoms with Crippen molar-refractivity contribution in [2.75, 3.05) is 0 Å². The molecule has 0 heterocycles. The van der Waals surface area contributed by atoms with Gasteiger partial charge in [-0.2, -0.15) is 0 Å². The van der Waals surface area contributed by atoms with Gasteiger partial charge in [0, 0.05) is 25.0 Å². The molecule has 0 fully saturated rings. The lowest BCUT2D eigenvalue weighted by Crippen LogP contribution is -1.99. The Morgan fingerprint density at radius 1 is 0.500 bits per heavy atom. The fraction of sp³-hybridized carbons (Fsp3) is 0.261. The number of carboxylic acids is 2. The molecule has 0 saturated heterocycles. The summed E-state index contributed by atoms with van der Waals surface area (Å²) in [5, 5.41) is 14.8. The van der Waals surface area contributed by atoms with Gasteiger partial charge in [0.1, 0.15) is 11.6 Å². The molecule has 164 valence electrons. The minimum absolute atomic E-state index is 0.0752. The molecule has 0 aliphatic heterocycles. The molecular formula is C23H30O7. The Kier molecular flexibility index (Phi) is 20.9. The summed E-state index contributed by atoms with van der Waals surface area (Å²) in [6, 6.07) is 18.6. The van der Waals surface area contributed by atoms with Gasteiger partial charge < -0.3 is 19.8 Å². The van der Waals surface area contributed by atoms with Gasteiger partial charge in [-0.15, -0.1) is 0 Å². The lowest BCUT2D eigenvalue weighted by molar-refractivity contribution is -0.135. The van der Waals surface area contributed by atoms with E-state index in [9.17, 15) is 14.4 Å². The van der Waals surface area contributed by atoms with Crippen molar-refractivity contribution in [3.63, 3.8) is 0 Å². The van der Waals surface area contributed by atoms with E-state index in [1.807, 2.05) is 60.7 Å². The lowest BCUT2D eigenvalue weighted by atomic mass is 10.0. The molecule has 30 heavy (non-hydrogen) atoms. The Morgan fingerprint density at radius 3 is 0.833 bits per heavy atom. The molecule has 0 bridgehead atoms. The van der Waals surface area contributed by atoms with Gasteiger partial charge in [-0.05, 0) is 27.7 Å². The highest BCUT2D eigenvalue weighted by Crippen LogP contribution is 2.08. The molecule has 2 N–H and O–H groups in total. The van der Waals surface area contributed by atoms with Crippen LogP contribution in [-0.2, 0) is 19.2 Å². The van der Waals surface area contributed by atoms with Gasteiger partial charge in [0.15, 0.2) is 5.78 Å². The third-order valence-corrected chi connectivity index (χ3v) is 2.07. The maximum absolute atomic E-state index is 11.8. The zero-order valence-electron chi connectivity index (χ0n) is 18.2. The zero-order chi connectivity index (χ0) is 24.1. The van der Waals surface area contributed by atoms with E-state index in [0.29, 0.717) is 0 Å². The SMILES string of the molecule is CC(=O)O.CC(=O)O.CC(C)=O.CC(C)=O.O=C(c1ccccc1)c1ccccc1. The van der Waals surface area contributed by atoms with Crippen LogP contribution in [-0.4, -0.2) is 39.5 Å². The molecule has 0 aliphatic rings. The zero-order valence-corrected chi connectivity index (χ0v) is 18.2. The second-order valence-corrected chi connectivity index (χ2v) is 5.92. The van der Waals surface area contributed by atoms with Crippen LogP contribution in [0.2, 0.25) is 0 Å². The van der Waals surface area contributed by atoms with Crippen LogP contribution >= 0.6 is 0 Å².